The Kier molecular flexibility index (Phi) is 9.81. The van der Waals surface area contributed by atoms with Gasteiger partial charge in [0.25, 0.3) is 0 Å². The van der Waals surface area contributed by atoms with E-state index < -0.39 is 59.4 Å². The van der Waals surface area contributed by atoms with Gasteiger partial charge >= 0.3 is 17.9 Å². The lowest BCUT2D eigenvalue weighted by molar-refractivity contribution is -0.233. The van der Waals surface area contributed by atoms with E-state index in [4.69, 9.17) is 23.7 Å². The van der Waals surface area contributed by atoms with E-state index in [2.05, 4.69) is 6.58 Å². The summed E-state index contributed by atoms with van der Waals surface area (Å²) in [7, 11) is 0. The predicted molar refractivity (Wildman–Crippen MR) is 114 cm³/mol. The summed E-state index contributed by atoms with van der Waals surface area (Å²) in [5, 5.41) is 0. The van der Waals surface area contributed by atoms with Crippen LogP contribution in [-0.2, 0) is 44.7 Å². The van der Waals surface area contributed by atoms with Crippen molar-refractivity contribution in [3.05, 3.63) is 47.5 Å². The maximum atomic E-state index is 14.9. The molecule has 11 heteroatoms. The monoisotopic (exact) mass is 488 g/mol. The first-order chi connectivity index (χ1) is 15.6. The second kappa shape index (κ2) is 12.1. The summed E-state index contributed by atoms with van der Waals surface area (Å²) in [4.78, 5) is 35.4. The van der Waals surface area contributed by atoms with Crippen molar-refractivity contribution in [3.63, 3.8) is 0 Å². The van der Waals surface area contributed by atoms with Gasteiger partial charge in [0.15, 0.2) is 18.3 Å². The molecular formula is C22H26F2O8S. The van der Waals surface area contributed by atoms with Crippen LogP contribution in [0.5, 0.6) is 0 Å². The van der Waals surface area contributed by atoms with Gasteiger partial charge in [-0.2, -0.15) is 0 Å². The highest BCUT2D eigenvalue weighted by Crippen LogP contribution is 2.41. The fourth-order valence-corrected chi connectivity index (χ4v) is 4.12. The number of halogens is 2. The molecule has 1 heterocycles. The number of rotatable bonds is 9. The largest absolute Gasteiger partial charge is 0.455 e. The molecule has 8 nitrogen and oxygen atoms in total. The third-order valence-corrected chi connectivity index (χ3v) is 5.44. The van der Waals surface area contributed by atoms with E-state index >= 15 is 0 Å². The van der Waals surface area contributed by atoms with Crippen molar-refractivity contribution in [2.45, 2.75) is 57.2 Å². The molecule has 33 heavy (non-hydrogen) atoms. The van der Waals surface area contributed by atoms with E-state index in [-0.39, 0.29) is 24.3 Å². The van der Waals surface area contributed by atoms with Crippen LogP contribution in [0, 0.1) is 11.6 Å². The molecule has 0 unspecified atom stereocenters. The van der Waals surface area contributed by atoms with Crippen LogP contribution in [0.4, 0.5) is 8.78 Å². The fourth-order valence-electron chi connectivity index (χ4n) is 3.41. The molecule has 0 N–H and O–H groups in total. The van der Waals surface area contributed by atoms with Crippen molar-refractivity contribution < 1.29 is 46.8 Å². The van der Waals surface area contributed by atoms with Crippen molar-refractivity contribution in [1.82, 2.24) is 0 Å². The lowest BCUT2D eigenvalue weighted by Crippen LogP contribution is -2.57. The molecule has 1 aliphatic heterocycles. The van der Waals surface area contributed by atoms with Crippen LogP contribution in [0.1, 0.15) is 38.0 Å². The first-order valence-corrected chi connectivity index (χ1v) is 11.2. The van der Waals surface area contributed by atoms with E-state index in [0.717, 1.165) is 32.5 Å². The minimum Gasteiger partial charge on any atom is -0.455 e. The first kappa shape index (κ1) is 26.7. The zero-order valence-corrected chi connectivity index (χ0v) is 19.5. The fraction of sp³-hybridized carbons (Fsp3) is 0.500. The lowest BCUT2D eigenvalue weighted by Gasteiger charge is -2.44. The second-order valence-corrected chi connectivity index (χ2v) is 8.09. The lowest BCUT2D eigenvalue weighted by atomic mass is 9.92. The molecule has 0 radical (unpaired) electrons. The first-order valence-electron chi connectivity index (χ1n) is 9.95. The third-order valence-electron chi connectivity index (χ3n) is 4.60. The van der Waals surface area contributed by atoms with E-state index in [0.29, 0.717) is 6.07 Å². The number of esters is 3. The molecule has 5 atom stereocenters. The van der Waals surface area contributed by atoms with Gasteiger partial charge in [-0.15, -0.1) is 18.3 Å². The summed E-state index contributed by atoms with van der Waals surface area (Å²) in [6.07, 6.45) is -2.03. The van der Waals surface area contributed by atoms with E-state index in [1.54, 1.807) is 6.26 Å². The molecule has 1 fully saturated rings. The summed E-state index contributed by atoms with van der Waals surface area (Å²) in [5.41, 5.74) is -1.03. The van der Waals surface area contributed by atoms with Gasteiger partial charge in [0.05, 0.1) is 13.2 Å². The molecule has 1 aromatic rings. The van der Waals surface area contributed by atoms with Gasteiger partial charge in [-0.25, -0.2) is 8.78 Å². The Hall–Kier alpha value is -2.50. The minimum atomic E-state index is -1.39. The van der Waals surface area contributed by atoms with Crippen LogP contribution in [-0.4, -0.2) is 54.5 Å². The molecule has 2 rings (SSSR count). The molecule has 0 saturated carbocycles. The normalized spacial score (nSPS) is 24.6. The number of carbonyl (C=O) groups is 3. The molecule has 0 aliphatic carbocycles. The van der Waals surface area contributed by atoms with Gasteiger partial charge in [-0.3, -0.25) is 14.4 Å². The second-order valence-electron chi connectivity index (χ2n) is 7.15. The van der Waals surface area contributed by atoms with Crippen molar-refractivity contribution in [2.75, 3.05) is 12.9 Å². The van der Waals surface area contributed by atoms with Crippen molar-refractivity contribution >= 4 is 29.7 Å². The Balaban J connectivity index is 2.58. The van der Waals surface area contributed by atoms with Crippen molar-refractivity contribution in [1.29, 1.82) is 0 Å². The van der Waals surface area contributed by atoms with Gasteiger partial charge in [-0.05, 0) is 12.3 Å². The Bertz CT molecular complexity index is 893. The summed E-state index contributed by atoms with van der Waals surface area (Å²) in [6, 6.07) is 1.87. The van der Waals surface area contributed by atoms with Crippen LogP contribution < -0.4 is 0 Å². The maximum Gasteiger partial charge on any atom is 0.303 e. The Morgan fingerprint density at radius 3 is 2.12 bits per heavy atom. The molecule has 1 saturated heterocycles. The zero-order chi connectivity index (χ0) is 24.7. The van der Waals surface area contributed by atoms with Gasteiger partial charge in [0.2, 0.25) is 0 Å². The number of hydrogen-bond donors (Lipinski definition) is 0. The average molecular weight is 489 g/mol. The molecular weight excluding hydrogens is 462 g/mol. The average Bonchev–Trinajstić information content (AvgIpc) is 2.71. The van der Waals surface area contributed by atoms with Gasteiger partial charge in [0.1, 0.15) is 23.2 Å². The number of ether oxygens (including phenoxy) is 5. The van der Waals surface area contributed by atoms with Crippen LogP contribution in [0.25, 0.3) is 0 Å². The van der Waals surface area contributed by atoms with Crippen molar-refractivity contribution in [3.8, 4) is 0 Å². The standard InChI is InChI=1S/C22H26F2O8S/c1-6-7-28-10-14-8-15(17(24)9-16(14)23)18-19(29-11(2)25)20(30-12(3)26)21(31-13(4)27)22(32-18)33-5/h6,8-9,18-22H,1,7,10H2,2-5H3/t18-,19-,20+,21-,22+/m0/s1. The maximum absolute atomic E-state index is 14.9. The Morgan fingerprint density at radius 2 is 1.58 bits per heavy atom. The van der Waals surface area contributed by atoms with Crippen LogP contribution in [0.3, 0.4) is 0 Å². The number of thioether (sulfide) groups is 1. The smallest absolute Gasteiger partial charge is 0.303 e. The Morgan fingerprint density at radius 1 is 1.00 bits per heavy atom. The molecule has 1 aromatic carbocycles. The van der Waals surface area contributed by atoms with Gasteiger partial charge < -0.3 is 23.7 Å². The van der Waals surface area contributed by atoms with Crippen LogP contribution >= 0.6 is 11.8 Å². The third kappa shape index (κ3) is 6.99. The summed E-state index contributed by atoms with van der Waals surface area (Å²) in [5.74, 6) is -4.00. The van der Waals surface area contributed by atoms with Gasteiger partial charge in [-0.1, -0.05) is 6.08 Å². The number of carbonyl (C=O) groups excluding carboxylic acids is 3. The predicted octanol–water partition coefficient (Wildman–Crippen LogP) is 3.22. The number of benzene rings is 1. The minimum absolute atomic E-state index is 0.0327. The highest BCUT2D eigenvalue weighted by Gasteiger charge is 2.52. The SMILES string of the molecule is C=CCOCc1cc([C@@H]2O[C@H](SC)[C@@H](OC(C)=O)[C@H](OC(C)=O)[C@H]2OC(C)=O)c(F)cc1F. The number of hydrogen-bond acceptors (Lipinski definition) is 9. The molecule has 0 amide bonds. The van der Waals surface area contributed by atoms with Crippen LogP contribution in [0.15, 0.2) is 24.8 Å². The summed E-state index contributed by atoms with van der Waals surface area (Å²) in [6.45, 7) is 6.87. The molecule has 0 aromatic heterocycles. The highest BCUT2D eigenvalue weighted by molar-refractivity contribution is 7.99. The molecule has 1 aliphatic rings. The molecule has 0 bridgehead atoms. The van der Waals surface area contributed by atoms with Crippen LogP contribution in [0.2, 0.25) is 0 Å². The van der Waals surface area contributed by atoms with E-state index in [1.165, 1.54) is 12.1 Å². The van der Waals surface area contributed by atoms with Gasteiger partial charge in [0, 0.05) is 38.0 Å². The molecule has 182 valence electrons. The van der Waals surface area contributed by atoms with Crippen molar-refractivity contribution in [2.24, 2.45) is 0 Å². The zero-order valence-electron chi connectivity index (χ0n) is 18.7. The summed E-state index contributed by atoms with van der Waals surface area (Å²) < 4.78 is 56.5. The Labute approximate surface area is 194 Å². The molecule has 0 spiro atoms. The van der Waals surface area contributed by atoms with E-state index in [9.17, 15) is 23.2 Å². The highest BCUT2D eigenvalue weighted by atomic mass is 32.2. The topological polar surface area (TPSA) is 97.4 Å². The summed E-state index contributed by atoms with van der Waals surface area (Å²) >= 11 is 1.11. The van der Waals surface area contributed by atoms with E-state index in [1.807, 2.05) is 0 Å². The quantitative estimate of drug-likeness (QED) is 0.225.